The maximum absolute atomic E-state index is 12.6. The Labute approximate surface area is 165 Å². The van der Waals surface area contributed by atoms with Crippen molar-refractivity contribution in [2.24, 2.45) is 5.41 Å². The highest BCUT2D eigenvalue weighted by Crippen LogP contribution is 2.38. The molecule has 150 valence electrons. The standard InChI is InChI=1S/C21H27N3O4/c1-21(10-16-3-4-18-19(9-16)28-15-27-18)6-5-20(25)24(13-21)12-17-11-22-14-23(17)7-8-26-2/h3-4,9,11,14H,5-8,10,12-13,15H2,1-2H3/t21-/m1/s1. The maximum Gasteiger partial charge on any atom is 0.231 e. The highest BCUT2D eigenvalue weighted by atomic mass is 16.7. The summed E-state index contributed by atoms with van der Waals surface area (Å²) in [5.74, 6) is 1.83. The van der Waals surface area contributed by atoms with Crippen LogP contribution in [0.2, 0.25) is 0 Å². The number of aromatic nitrogens is 2. The molecule has 1 aromatic carbocycles. The van der Waals surface area contributed by atoms with Crippen molar-refractivity contribution in [3.8, 4) is 11.5 Å². The number of nitrogens with zero attached hydrogens (tertiary/aromatic N) is 3. The van der Waals surface area contributed by atoms with Gasteiger partial charge in [0.15, 0.2) is 11.5 Å². The third kappa shape index (κ3) is 3.99. The van der Waals surface area contributed by atoms with Crippen LogP contribution in [0.3, 0.4) is 0 Å². The van der Waals surface area contributed by atoms with Crippen LogP contribution < -0.4 is 9.47 Å². The van der Waals surface area contributed by atoms with E-state index in [9.17, 15) is 4.79 Å². The number of carbonyl (C=O) groups excluding carboxylic acids is 1. The summed E-state index contributed by atoms with van der Waals surface area (Å²) in [5.41, 5.74) is 2.28. The van der Waals surface area contributed by atoms with E-state index in [2.05, 4.69) is 28.6 Å². The van der Waals surface area contributed by atoms with Gasteiger partial charge in [-0.2, -0.15) is 0 Å². The molecule has 4 rings (SSSR count). The summed E-state index contributed by atoms with van der Waals surface area (Å²) >= 11 is 0. The van der Waals surface area contributed by atoms with E-state index >= 15 is 0 Å². The predicted octanol–water partition coefficient (Wildman–Crippen LogP) is 2.63. The molecule has 0 bridgehead atoms. The minimum atomic E-state index is 0.0268. The van der Waals surface area contributed by atoms with Gasteiger partial charge in [-0.15, -0.1) is 0 Å². The lowest BCUT2D eigenvalue weighted by Crippen LogP contribution is -2.46. The Morgan fingerprint density at radius 1 is 1.29 bits per heavy atom. The number of amides is 1. The zero-order valence-corrected chi connectivity index (χ0v) is 16.5. The van der Waals surface area contributed by atoms with Gasteiger partial charge in [0.05, 0.1) is 25.2 Å². The minimum absolute atomic E-state index is 0.0268. The van der Waals surface area contributed by atoms with Crippen LogP contribution in [0.25, 0.3) is 0 Å². The number of carbonyl (C=O) groups is 1. The quantitative estimate of drug-likeness (QED) is 0.733. The summed E-state index contributed by atoms with van der Waals surface area (Å²) in [6, 6.07) is 6.13. The molecule has 2 aliphatic heterocycles. The second-order valence-corrected chi connectivity index (χ2v) is 8.00. The average Bonchev–Trinajstić information content (AvgIpc) is 3.32. The largest absolute Gasteiger partial charge is 0.454 e. The maximum atomic E-state index is 12.6. The zero-order chi connectivity index (χ0) is 19.6. The first kappa shape index (κ1) is 18.8. The van der Waals surface area contributed by atoms with Crippen molar-refractivity contribution < 1.29 is 19.0 Å². The molecule has 2 aromatic rings. The Morgan fingerprint density at radius 2 is 2.14 bits per heavy atom. The number of imidazole rings is 1. The van der Waals surface area contributed by atoms with Gasteiger partial charge in [-0.05, 0) is 36.0 Å². The summed E-state index contributed by atoms with van der Waals surface area (Å²) < 4.78 is 18.1. The number of rotatable bonds is 7. The van der Waals surface area contributed by atoms with Crippen molar-refractivity contribution in [3.63, 3.8) is 0 Å². The number of benzene rings is 1. The van der Waals surface area contributed by atoms with Gasteiger partial charge in [-0.25, -0.2) is 4.98 Å². The molecule has 2 aliphatic rings. The van der Waals surface area contributed by atoms with E-state index in [1.165, 1.54) is 5.56 Å². The molecular weight excluding hydrogens is 358 g/mol. The molecule has 28 heavy (non-hydrogen) atoms. The third-order valence-electron chi connectivity index (χ3n) is 5.62. The Morgan fingerprint density at radius 3 is 3.00 bits per heavy atom. The summed E-state index contributed by atoms with van der Waals surface area (Å²) in [7, 11) is 1.69. The van der Waals surface area contributed by atoms with Crippen molar-refractivity contribution in [2.75, 3.05) is 27.1 Å². The van der Waals surface area contributed by atoms with E-state index in [1.807, 2.05) is 17.2 Å². The van der Waals surface area contributed by atoms with Crippen LogP contribution in [0, 0.1) is 5.41 Å². The molecule has 0 spiro atoms. The minimum Gasteiger partial charge on any atom is -0.454 e. The number of ether oxygens (including phenoxy) is 3. The van der Waals surface area contributed by atoms with Gasteiger partial charge >= 0.3 is 0 Å². The molecule has 7 nitrogen and oxygen atoms in total. The highest BCUT2D eigenvalue weighted by molar-refractivity contribution is 5.77. The van der Waals surface area contributed by atoms with E-state index < -0.39 is 0 Å². The van der Waals surface area contributed by atoms with Gasteiger partial charge in [0, 0.05) is 32.8 Å². The number of piperidine rings is 1. The lowest BCUT2D eigenvalue weighted by atomic mass is 9.76. The molecule has 1 amide bonds. The molecule has 0 unspecified atom stereocenters. The normalized spacial score (nSPS) is 21.4. The van der Waals surface area contributed by atoms with Crippen molar-refractivity contribution >= 4 is 5.91 Å². The average molecular weight is 385 g/mol. The Bertz CT molecular complexity index is 850. The second kappa shape index (κ2) is 7.83. The zero-order valence-electron chi connectivity index (χ0n) is 16.5. The van der Waals surface area contributed by atoms with Crippen molar-refractivity contribution in [1.29, 1.82) is 0 Å². The molecule has 1 aromatic heterocycles. The smallest absolute Gasteiger partial charge is 0.231 e. The Hall–Kier alpha value is -2.54. The Balaban J connectivity index is 1.45. The number of methoxy groups -OCH3 is 1. The first-order valence-electron chi connectivity index (χ1n) is 9.71. The van der Waals surface area contributed by atoms with Crippen molar-refractivity contribution in [1.82, 2.24) is 14.5 Å². The van der Waals surface area contributed by atoms with Crippen LogP contribution >= 0.6 is 0 Å². The van der Waals surface area contributed by atoms with Crippen LogP contribution in [-0.2, 0) is 29.0 Å². The van der Waals surface area contributed by atoms with E-state index in [4.69, 9.17) is 14.2 Å². The van der Waals surface area contributed by atoms with E-state index in [1.54, 1.807) is 13.4 Å². The fourth-order valence-electron chi connectivity index (χ4n) is 4.09. The van der Waals surface area contributed by atoms with Crippen LogP contribution in [0.5, 0.6) is 11.5 Å². The fourth-order valence-corrected chi connectivity index (χ4v) is 4.09. The Kier molecular flexibility index (Phi) is 5.26. The summed E-state index contributed by atoms with van der Waals surface area (Å²) in [6.45, 7) is 5.23. The molecule has 0 aliphatic carbocycles. The number of fused-ring (bicyclic) bond motifs is 1. The summed E-state index contributed by atoms with van der Waals surface area (Å²) in [5, 5.41) is 0. The topological polar surface area (TPSA) is 65.8 Å². The van der Waals surface area contributed by atoms with Gasteiger partial charge in [0.25, 0.3) is 0 Å². The first-order valence-corrected chi connectivity index (χ1v) is 9.71. The number of likely N-dealkylation sites (tertiary alicyclic amines) is 1. The van der Waals surface area contributed by atoms with E-state index in [-0.39, 0.29) is 18.1 Å². The highest BCUT2D eigenvalue weighted by Gasteiger charge is 2.35. The molecule has 0 N–H and O–H groups in total. The second-order valence-electron chi connectivity index (χ2n) is 8.00. The molecule has 7 heteroatoms. The molecule has 3 heterocycles. The van der Waals surface area contributed by atoms with Crippen LogP contribution in [0.4, 0.5) is 0 Å². The van der Waals surface area contributed by atoms with E-state index in [0.717, 1.165) is 43.1 Å². The molecule has 0 saturated carbocycles. The lowest BCUT2D eigenvalue weighted by Gasteiger charge is -2.40. The number of hydrogen-bond acceptors (Lipinski definition) is 5. The van der Waals surface area contributed by atoms with Gasteiger partial charge in [-0.3, -0.25) is 4.79 Å². The molecular formula is C21H27N3O4. The van der Waals surface area contributed by atoms with Gasteiger partial charge in [0.2, 0.25) is 12.7 Å². The van der Waals surface area contributed by atoms with E-state index in [0.29, 0.717) is 19.6 Å². The summed E-state index contributed by atoms with van der Waals surface area (Å²) in [6.07, 6.45) is 6.00. The van der Waals surface area contributed by atoms with Gasteiger partial charge < -0.3 is 23.7 Å². The monoisotopic (exact) mass is 385 g/mol. The molecule has 1 atom stereocenters. The van der Waals surface area contributed by atoms with Crippen molar-refractivity contribution in [2.45, 2.75) is 39.3 Å². The van der Waals surface area contributed by atoms with Crippen LogP contribution in [0.15, 0.2) is 30.7 Å². The van der Waals surface area contributed by atoms with Gasteiger partial charge in [-0.1, -0.05) is 13.0 Å². The SMILES string of the molecule is COCCn1cncc1CN1C[C@@](C)(Cc2ccc3c(c2)OCO3)CCC1=O. The number of hydrogen-bond donors (Lipinski definition) is 0. The summed E-state index contributed by atoms with van der Waals surface area (Å²) in [4.78, 5) is 18.8. The third-order valence-corrected chi connectivity index (χ3v) is 5.62. The molecule has 1 saturated heterocycles. The molecule has 1 fully saturated rings. The van der Waals surface area contributed by atoms with Crippen molar-refractivity contribution in [3.05, 3.63) is 42.0 Å². The first-order chi connectivity index (χ1) is 13.6. The van der Waals surface area contributed by atoms with Crippen LogP contribution in [-0.4, -0.2) is 47.4 Å². The molecule has 0 radical (unpaired) electrons. The fraction of sp³-hybridized carbons (Fsp3) is 0.524. The van der Waals surface area contributed by atoms with Gasteiger partial charge in [0.1, 0.15) is 0 Å². The lowest BCUT2D eigenvalue weighted by molar-refractivity contribution is -0.138. The van der Waals surface area contributed by atoms with Crippen LogP contribution in [0.1, 0.15) is 31.0 Å². The predicted molar refractivity (Wildman–Crippen MR) is 103 cm³/mol.